The maximum absolute atomic E-state index is 14.3. The van der Waals surface area contributed by atoms with Crippen LogP contribution in [0.3, 0.4) is 0 Å². The summed E-state index contributed by atoms with van der Waals surface area (Å²) >= 11 is 0. The fourth-order valence-corrected chi connectivity index (χ4v) is 5.23. The van der Waals surface area contributed by atoms with Gasteiger partial charge in [0, 0.05) is 16.7 Å². The van der Waals surface area contributed by atoms with Gasteiger partial charge in [-0.05, 0) is 18.2 Å². The van der Waals surface area contributed by atoms with Gasteiger partial charge in [0.1, 0.15) is 17.2 Å². The Morgan fingerprint density at radius 3 is 0.884 bits per heavy atom. The van der Waals surface area contributed by atoms with Crippen molar-refractivity contribution in [1.82, 2.24) is 0 Å². The molecule has 3 aromatic carbocycles. The van der Waals surface area contributed by atoms with Gasteiger partial charge >= 0.3 is 27.1 Å². The minimum Gasteiger partial charge on any atom is -0.496 e. The standard InChI is InChI=1S/C27H24F9O6P/c1-37-19-13-7-4-10-16(19)22(25(28,29)30)40-43(41-23(26(31,32)33)17-11-5-8-14-20(17)38-2)42-24(27(34,35)36)18-12-6-9-15-21(18)39-3/h4-15,22-24H,1-3H3. The number of para-hydroxylation sites is 3. The molecule has 3 unspecified atom stereocenters. The van der Waals surface area contributed by atoms with Crippen molar-refractivity contribution in [3.8, 4) is 17.2 Å². The van der Waals surface area contributed by atoms with Crippen molar-refractivity contribution in [2.24, 2.45) is 0 Å². The average molecular weight is 646 g/mol. The minimum atomic E-state index is -5.38. The second-order valence-electron chi connectivity index (χ2n) is 8.53. The van der Waals surface area contributed by atoms with E-state index < -0.39 is 79.4 Å². The van der Waals surface area contributed by atoms with Crippen molar-refractivity contribution in [3.05, 3.63) is 89.5 Å². The Labute approximate surface area is 241 Å². The van der Waals surface area contributed by atoms with Gasteiger partial charge in [-0.1, -0.05) is 54.6 Å². The zero-order chi connectivity index (χ0) is 32.0. The maximum atomic E-state index is 14.3. The molecule has 0 N–H and O–H groups in total. The largest absolute Gasteiger partial charge is 0.496 e. The molecule has 0 radical (unpaired) electrons. The van der Waals surface area contributed by atoms with Crippen LogP contribution in [-0.2, 0) is 13.6 Å². The molecule has 0 aliphatic rings. The van der Waals surface area contributed by atoms with Crippen LogP contribution in [0.25, 0.3) is 0 Å². The van der Waals surface area contributed by atoms with Gasteiger partial charge in [0.2, 0.25) is 0 Å². The Balaban J connectivity index is 2.19. The fourth-order valence-electron chi connectivity index (χ4n) is 3.86. The molecule has 0 aromatic heterocycles. The number of alkyl halides is 9. The van der Waals surface area contributed by atoms with Crippen LogP contribution in [0.5, 0.6) is 17.2 Å². The molecule has 0 fully saturated rings. The molecule has 0 bridgehead atoms. The molecule has 0 saturated carbocycles. The van der Waals surface area contributed by atoms with Crippen LogP contribution in [0, 0.1) is 0 Å². The molecule has 3 rings (SSSR count). The molecule has 43 heavy (non-hydrogen) atoms. The molecule has 0 aliphatic carbocycles. The van der Waals surface area contributed by atoms with E-state index in [0.717, 1.165) is 75.9 Å². The van der Waals surface area contributed by atoms with Gasteiger partial charge in [-0.25, -0.2) is 0 Å². The normalized spacial score (nSPS) is 15.3. The van der Waals surface area contributed by atoms with E-state index in [0.29, 0.717) is 0 Å². The van der Waals surface area contributed by atoms with Crippen LogP contribution in [0.2, 0.25) is 0 Å². The fraction of sp³-hybridized carbons (Fsp3) is 0.333. The van der Waals surface area contributed by atoms with Crippen molar-refractivity contribution in [2.75, 3.05) is 21.3 Å². The lowest BCUT2D eigenvalue weighted by Gasteiger charge is -2.32. The molecule has 3 atom stereocenters. The number of methoxy groups -OCH3 is 3. The van der Waals surface area contributed by atoms with Crippen LogP contribution in [0.1, 0.15) is 35.0 Å². The predicted molar refractivity (Wildman–Crippen MR) is 136 cm³/mol. The van der Waals surface area contributed by atoms with E-state index in [2.05, 4.69) is 0 Å². The van der Waals surface area contributed by atoms with E-state index in [1.807, 2.05) is 0 Å². The summed E-state index contributed by atoms with van der Waals surface area (Å²) in [5, 5.41) is 0. The van der Waals surface area contributed by atoms with Crippen LogP contribution in [0.4, 0.5) is 39.5 Å². The van der Waals surface area contributed by atoms with E-state index in [1.54, 1.807) is 0 Å². The third-order valence-electron chi connectivity index (χ3n) is 5.73. The van der Waals surface area contributed by atoms with Gasteiger partial charge in [0.25, 0.3) is 0 Å². The Kier molecular flexibility index (Phi) is 11.2. The van der Waals surface area contributed by atoms with Crippen molar-refractivity contribution in [3.63, 3.8) is 0 Å². The van der Waals surface area contributed by atoms with Crippen LogP contribution >= 0.6 is 8.60 Å². The number of rotatable bonds is 12. The maximum Gasteiger partial charge on any atom is 0.419 e. The number of halogens is 9. The molecule has 236 valence electrons. The van der Waals surface area contributed by atoms with Crippen molar-refractivity contribution in [1.29, 1.82) is 0 Å². The van der Waals surface area contributed by atoms with E-state index in [-0.39, 0.29) is 0 Å². The lowest BCUT2D eigenvalue weighted by molar-refractivity contribution is -0.228. The third kappa shape index (κ3) is 8.65. The van der Waals surface area contributed by atoms with Gasteiger partial charge in [-0.3, -0.25) is 13.6 Å². The molecular formula is C27H24F9O6P. The summed E-state index contributed by atoms with van der Waals surface area (Å²) in [6.45, 7) is 0. The van der Waals surface area contributed by atoms with Crippen LogP contribution in [-0.4, -0.2) is 39.9 Å². The third-order valence-corrected chi connectivity index (χ3v) is 6.88. The predicted octanol–water partition coefficient (Wildman–Crippen LogP) is 9.20. The number of ether oxygens (including phenoxy) is 3. The average Bonchev–Trinajstić information content (AvgIpc) is 2.94. The smallest absolute Gasteiger partial charge is 0.419 e. The molecule has 0 aliphatic heterocycles. The Bertz CT molecular complexity index is 1170. The zero-order valence-electron chi connectivity index (χ0n) is 22.5. The van der Waals surface area contributed by atoms with Gasteiger partial charge in [-0.2, -0.15) is 39.5 Å². The summed E-state index contributed by atoms with van der Waals surface area (Å²) in [5.41, 5.74) is -2.25. The highest BCUT2D eigenvalue weighted by molar-refractivity contribution is 7.41. The summed E-state index contributed by atoms with van der Waals surface area (Å²) in [4.78, 5) is 0. The summed E-state index contributed by atoms with van der Waals surface area (Å²) in [5.74, 6) is -1.23. The molecule has 0 spiro atoms. The second kappa shape index (κ2) is 14.0. The molecular weight excluding hydrogens is 622 g/mol. The Morgan fingerprint density at radius 1 is 0.442 bits per heavy atom. The Morgan fingerprint density at radius 2 is 0.674 bits per heavy atom. The monoisotopic (exact) mass is 646 g/mol. The molecule has 6 nitrogen and oxygen atoms in total. The molecule has 3 aromatic rings. The topological polar surface area (TPSA) is 55.4 Å². The van der Waals surface area contributed by atoms with E-state index in [1.165, 1.54) is 18.2 Å². The summed E-state index contributed by atoms with van der Waals surface area (Å²) in [7, 11) is -1.07. The lowest BCUT2D eigenvalue weighted by atomic mass is 10.1. The number of benzene rings is 3. The van der Waals surface area contributed by atoms with Crippen molar-refractivity contribution in [2.45, 2.75) is 36.8 Å². The Hall–Kier alpha value is -3.26. The minimum absolute atomic E-state index is 0.408. The summed E-state index contributed by atoms with van der Waals surface area (Å²) in [6, 6.07) is 13.3. The summed E-state index contributed by atoms with van der Waals surface area (Å²) < 4.78 is 159. The zero-order valence-corrected chi connectivity index (χ0v) is 23.4. The van der Waals surface area contributed by atoms with Gasteiger partial charge in [-0.15, -0.1) is 0 Å². The van der Waals surface area contributed by atoms with Crippen molar-refractivity contribution >= 4 is 8.60 Å². The highest BCUT2D eigenvalue weighted by Crippen LogP contribution is 2.60. The van der Waals surface area contributed by atoms with E-state index in [4.69, 9.17) is 27.8 Å². The number of hydrogen-bond acceptors (Lipinski definition) is 6. The van der Waals surface area contributed by atoms with Crippen LogP contribution in [0.15, 0.2) is 72.8 Å². The molecule has 0 saturated heterocycles. The van der Waals surface area contributed by atoms with Gasteiger partial charge in [0.05, 0.1) is 21.3 Å². The molecule has 0 heterocycles. The second-order valence-corrected chi connectivity index (χ2v) is 9.61. The van der Waals surface area contributed by atoms with Crippen molar-refractivity contribution < 1.29 is 67.3 Å². The first-order valence-electron chi connectivity index (χ1n) is 12.0. The molecule has 16 heteroatoms. The quantitative estimate of drug-likeness (QED) is 0.145. The summed E-state index contributed by atoms with van der Waals surface area (Å²) in [6.07, 6.45) is -25.5. The van der Waals surface area contributed by atoms with Gasteiger partial charge in [0.15, 0.2) is 18.3 Å². The first kappa shape index (κ1) is 34.2. The SMILES string of the molecule is COc1ccccc1C(OP(OC(c1ccccc1OC)C(F)(F)F)OC(c1ccccc1OC)C(F)(F)F)C(F)(F)F. The highest BCUT2D eigenvalue weighted by atomic mass is 31.2. The highest BCUT2D eigenvalue weighted by Gasteiger charge is 2.53. The molecule has 0 amide bonds. The number of hydrogen-bond donors (Lipinski definition) is 0. The first-order valence-corrected chi connectivity index (χ1v) is 13.1. The van der Waals surface area contributed by atoms with Gasteiger partial charge < -0.3 is 14.2 Å². The van der Waals surface area contributed by atoms with E-state index >= 15 is 0 Å². The van der Waals surface area contributed by atoms with E-state index in [9.17, 15) is 39.5 Å². The van der Waals surface area contributed by atoms with Crippen LogP contribution < -0.4 is 14.2 Å². The lowest BCUT2D eigenvalue weighted by Crippen LogP contribution is -2.28. The first-order chi connectivity index (χ1) is 20.1.